The fourth-order valence-corrected chi connectivity index (χ4v) is 3.67. The molecule has 0 bridgehead atoms. The topological polar surface area (TPSA) is 58.1 Å². The van der Waals surface area contributed by atoms with Crippen LogP contribution in [0.1, 0.15) is 44.7 Å². The lowest BCUT2D eigenvalue weighted by molar-refractivity contribution is 0.110. The second-order valence-corrected chi connectivity index (χ2v) is 8.06. The average molecular weight is 405 g/mol. The van der Waals surface area contributed by atoms with Crippen LogP contribution in [-0.4, -0.2) is 63.4 Å². The van der Waals surface area contributed by atoms with Gasteiger partial charge in [-0.15, -0.1) is 0 Å². The molecule has 0 spiro atoms. The smallest absolute Gasteiger partial charge is 0.191 e. The van der Waals surface area contributed by atoms with Crippen molar-refractivity contribution in [3.8, 4) is 5.75 Å². The summed E-state index contributed by atoms with van der Waals surface area (Å²) in [5, 5.41) is 6.95. The van der Waals surface area contributed by atoms with E-state index in [2.05, 4.69) is 59.5 Å². The van der Waals surface area contributed by atoms with Crippen LogP contribution in [0.25, 0.3) is 0 Å². The third-order valence-corrected chi connectivity index (χ3v) is 5.42. The molecule has 1 fully saturated rings. The third-order valence-electron chi connectivity index (χ3n) is 5.42. The fraction of sp³-hybridized carbons (Fsp3) is 0.696. The van der Waals surface area contributed by atoms with Gasteiger partial charge in [0.25, 0.3) is 0 Å². The average Bonchev–Trinajstić information content (AvgIpc) is 2.72. The fourth-order valence-electron chi connectivity index (χ4n) is 3.67. The largest absolute Gasteiger partial charge is 0.491 e. The lowest BCUT2D eigenvalue weighted by Gasteiger charge is -2.35. The summed E-state index contributed by atoms with van der Waals surface area (Å²) in [5.74, 6) is 2.42. The number of hydrogen-bond donors (Lipinski definition) is 2. The standard InChI is InChI=1S/C23H40N4O2/c1-6-28-12-13-29-22-14-19(4)9-10-21(22)16-26-23(24-5)25-15-20-8-7-11-27(17-20)18(2)3/h9-10,14,18,20H,6-8,11-13,15-17H2,1-5H3,(H2,24,25,26). The van der Waals surface area contributed by atoms with Crippen LogP contribution in [0.5, 0.6) is 5.75 Å². The molecule has 0 amide bonds. The second kappa shape index (κ2) is 12.7. The summed E-state index contributed by atoms with van der Waals surface area (Å²) in [7, 11) is 1.82. The molecule has 1 unspecified atom stereocenters. The molecule has 1 heterocycles. The minimum atomic E-state index is 0.561. The lowest BCUT2D eigenvalue weighted by Crippen LogP contribution is -2.46. The quantitative estimate of drug-likeness (QED) is 0.356. The Kier molecular flexibility index (Phi) is 10.3. The molecule has 6 nitrogen and oxygen atoms in total. The number of guanidine groups is 1. The van der Waals surface area contributed by atoms with Gasteiger partial charge in [-0.25, -0.2) is 0 Å². The predicted molar refractivity (Wildman–Crippen MR) is 121 cm³/mol. The van der Waals surface area contributed by atoms with E-state index in [4.69, 9.17) is 9.47 Å². The van der Waals surface area contributed by atoms with E-state index in [1.54, 1.807) is 0 Å². The monoisotopic (exact) mass is 404 g/mol. The van der Waals surface area contributed by atoms with Crippen molar-refractivity contribution in [3.63, 3.8) is 0 Å². The molecule has 164 valence electrons. The van der Waals surface area contributed by atoms with Gasteiger partial charge in [0.15, 0.2) is 5.96 Å². The Morgan fingerprint density at radius 1 is 1.28 bits per heavy atom. The Hall–Kier alpha value is -1.79. The van der Waals surface area contributed by atoms with Crippen molar-refractivity contribution in [1.82, 2.24) is 15.5 Å². The molecule has 1 aromatic rings. The number of nitrogens with zero attached hydrogens (tertiary/aromatic N) is 2. The van der Waals surface area contributed by atoms with Gasteiger partial charge in [-0.3, -0.25) is 4.99 Å². The van der Waals surface area contributed by atoms with Gasteiger partial charge in [0, 0.05) is 44.9 Å². The van der Waals surface area contributed by atoms with Crippen molar-refractivity contribution in [2.24, 2.45) is 10.9 Å². The molecule has 0 radical (unpaired) electrons. The normalized spacial score (nSPS) is 18.1. The highest BCUT2D eigenvalue weighted by Crippen LogP contribution is 2.20. The van der Waals surface area contributed by atoms with Gasteiger partial charge in [0.05, 0.1) is 6.61 Å². The van der Waals surface area contributed by atoms with E-state index in [1.165, 1.54) is 24.9 Å². The molecule has 2 N–H and O–H groups in total. The van der Waals surface area contributed by atoms with Gasteiger partial charge in [-0.1, -0.05) is 12.1 Å². The van der Waals surface area contributed by atoms with Gasteiger partial charge in [-0.05, 0) is 64.6 Å². The van der Waals surface area contributed by atoms with Crippen molar-refractivity contribution in [2.45, 2.75) is 53.1 Å². The summed E-state index contributed by atoms with van der Waals surface area (Å²) in [6.45, 7) is 14.5. The summed E-state index contributed by atoms with van der Waals surface area (Å²) in [4.78, 5) is 6.97. The molecule has 1 aromatic carbocycles. The second-order valence-electron chi connectivity index (χ2n) is 8.06. The first kappa shape index (κ1) is 23.5. The molecule has 0 aromatic heterocycles. The summed E-state index contributed by atoms with van der Waals surface area (Å²) < 4.78 is 11.3. The number of benzene rings is 1. The van der Waals surface area contributed by atoms with Crippen LogP contribution < -0.4 is 15.4 Å². The van der Waals surface area contributed by atoms with Crippen molar-refractivity contribution in [1.29, 1.82) is 0 Å². The van der Waals surface area contributed by atoms with Gasteiger partial charge >= 0.3 is 0 Å². The molecular weight excluding hydrogens is 364 g/mol. The molecule has 2 rings (SSSR count). The number of rotatable bonds is 10. The summed E-state index contributed by atoms with van der Waals surface area (Å²) in [5.41, 5.74) is 2.31. The zero-order valence-electron chi connectivity index (χ0n) is 19.0. The molecule has 1 aliphatic rings. The minimum absolute atomic E-state index is 0.561. The number of hydrogen-bond acceptors (Lipinski definition) is 4. The highest BCUT2D eigenvalue weighted by molar-refractivity contribution is 5.79. The van der Waals surface area contributed by atoms with Crippen LogP contribution in [0, 0.1) is 12.8 Å². The zero-order chi connectivity index (χ0) is 21.1. The van der Waals surface area contributed by atoms with E-state index in [0.717, 1.165) is 30.4 Å². The highest BCUT2D eigenvalue weighted by Gasteiger charge is 2.21. The van der Waals surface area contributed by atoms with Crippen molar-refractivity contribution in [3.05, 3.63) is 29.3 Å². The molecule has 1 atom stereocenters. The molecule has 29 heavy (non-hydrogen) atoms. The molecule has 1 saturated heterocycles. The summed E-state index contributed by atoms with van der Waals surface area (Å²) in [6, 6.07) is 6.94. The maximum absolute atomic E-state index is 5.94. The number of aliphatic imine (C=N–C) groups is 1. The van der Waals surface area contributed by atoms with Crippen LogP contribution in [0.15, 0.2) is 23.2 Å². The Morgan fingerprint density at radius 2 is 2.10 bits per heavy atom. The molecular formula is C23H40N4O2. The predicted octanol–water partition coefficient (Wildman–Crippen LogP) is 3.20. The summed E-state index contributed by atoms with van der Waals surface area (Å²) in [6.07, 6.45) is 2.56. The molecule has 6 heteroatoms. The van der Waals surface area contributed by atoms with Crippen LogP contribution in [0.4, 0.5) is 0 Å². The first-order chi connectivity index (χ1) is 14.0. The van der Waals surface area contributed by atoms with Crippen LogP contribution in [-0.2, 0) is 11.3 Å². The Balaban J connectivity index is 1.84. The number of aryl methyl sites for hydroxylation is 1. The van der Waals surface area contributed by atoms with E-state index in [1.807, 2.05) is 14.0 Å². The summed E-state index contributed by atoms with van der Waals surface area (Å²) >= 11 is 0. The van der Waals surface area contributed by atoms with Crippen molar-refractivity contribution in [2.75, 3.05) is 46.5 Å². The van der Waals surface area contributed by atoms with Crippen LogP contribution in [0.3, 0.4) is 0 Å². The number of nitrogens with one attached hydrogen (secondary N) is 2. The van der Waals surface area contributed by atoms with E-state index < -0.39 is 0 Å². The maximum Gasteiger partial charge on any atom is 0.191 e. The minimum Gasteiger partial charge on any atom is -0.491 e. The Morgan fingerprint density at radius 3 is 2.83 bits per heavy atom. The zero-order valence-corrected chi connectivity index (χ0v) is 19.0. The SMILES string of the molecule is CCOCCOc1cc(C)ccc1CNC(=NC)NCC1CCCN(C(C)C)C1. The molecule has 0 aliphatic carbocycles. The van der Waals surface area contributed by atoms with Gasteiger partial charge < -0.3 is 25.0 Å². The van der Waals surface area contributed by atoms with Crippen LogP contribution >= 0.6 is 0 Å². The highest BCUT2D eigenvalue weighted by atomic mass is 16.5. The molecule has 1 aliphatic heterocycles. The number of ether oxygens (including phenoxy) is 2. The molecule has 0 saturated carbocycles. The van der Waals surface area contributed by atoms with Crippen molar-refractivity contribution < 1.29 is 9.47 Å². The Bertz CT molecular complexity index is 633. The number of piperidine rings is 1. The first-order valence-electron chi connectivity index (χ1n) is 11.0. The van der Waals surface area contributed by atoms with Crippen LogP contribution in [0.2, 0.25) is 0 Å². The third kappa shape index (κ3) is 8.23. The van der Waals surface area contributed by atoms with E-state index in [0.29, 0.717) is 38.3 Å². The van der Waals surface area contributed by atoms with Gasteiger partial charge in [0.1, 0.15) is 12.4 Å². The van der Waals surface area contributed by atoms with Crippen molar-refractivity contribution >= 4 is 5.96 Å². The van der Waals surface area contributed by atoms with E-state index in [-0.39, 0.29) is 0 Å². The Labute approximate surface area is 177 Å². The van der Waals surface area contributed by atoms with Gasteiger partial charge in [-0.2, -0.15) is 0 Å². The number of likely N-dealkylation sites (tertiary alicyclic amines) is 1. The van der Waals surface area contributed by atoms with E-state index in [9.17, 15) is 0 Å². The van der Waals surface area contributed by atoms with Gasteiger partial charge in [0.2, 0.25) is 0 Å². The first-order valence-corrected chi connectivity index (χ1v) is 11.0. The maximum atomic E-state index is 5.94. The van der Waals surface area contributed by atoms with E-state index >= 15 is 0 Å². The lowest BCUT2D eigenvalue weighted by atomic mass is 9.97.